The Morgan fingerprint density at radius 3 is 2.47 bits per heavy atom. The molecule has 0 heterocycles. The fourth-order valence-electron chi connectivity index (χ4n) is 4.30. The van der Waals surface area contributed by atoms with E-state index in [1.807, 2.05) is 31.7 Å². The summed E-state index contributed by atoms with van der Waals surface area (Å²) in [5.74, 6) is 0.173. The van der Waals surface area contributed by atoms with Gasteiger partial charge in [0.15, 0.2) is 0 Å². The molecule has 0 aliphatic heterocycles. The average Bonchev–Trinajstić information content (AvgIpc) is 3.45. The van der Waals surface area contributed by atoms with Crippen molar-refractivity contribution < 1.29 is 19.1 Å². The van der Waals surface area contributed by atoms with Crippen LogP contribution in [0.3, 0.4) is 0 Å². The van der Waals surface area contributed by atoms with Crippen LogP contribution in [-0.2, 0) is 14.3 Å². The van der Waals surface area contributed by atoms with Gasteiger partial charge in [-0.05, 0) is 45.6 Å². The first-order valence-electron chi connectivity index (χ1n) is 11.1. The molecule has 1 N–H and O–H groups in total. The molecular weight excluding hydrogens is 380 g/mol. The van der Waals surface area contributed by atoms with Gasteiger partial charge in [-0.15, -0.1) is 0 Å². The quantitative estimate of drug-likeness (QED) is 0.485. The van der Waals surface area contributed by atoms with Gasteiger partial charge >= 0.3 is 12.1 Å². The summed E-state index contributed by atoms with van der Waals surface area (Å²) >= 11 is 0. The highest BCUT2D eigenvalue weighted by atomic mass is 16.6. The SMILES string of the molecule is COC(=O)CCNCC1(CN(C(=O)OC(C)(C)C)C2CC2c2ccccc2)CCC1. The van der Waals surface area contributed by atoms with E-state index in [2.05, 4.69) is 29.6 Å². The van der Waals surface area contributed by atoms with E-state index in [0.717, 1.165) is 25.8 Å². The Labute approximate surface area is 180 Å². The van der Waals surface area contributed by atoms with Gasteiger partial charge in [0, 0.05) is 37.0 Å². The van der Waals surface area contributed by atoms with E-state index in [9.17, 15) is 9.59 Å². The molecule has 2 fully saturated rings. The number of hydrogen-bond donors (Lipinski definition) is 1. The van der Waals surface area contributed by atoms with Gasteiger partial charge in [-0.1, -0.05) is 36.8 Å². The minimum Gasteiger partial charge on any atom is -0.469 e. The minimum absolute atomic E-state index is 0.0524. The van der Waals surface area contributed by atoms with Gasteiger partial charge in [0.2, 0.25) is 0 Å². The van der Waals surface area contributed by atoms with Gasteiger partial charge in [0.05, 0.1) is 13.5 Å². The molecular formula is C24H36N2O4. The first kappa shape index (κ1) is 22.6. The smallest absolute Gasteiger partial charge is 0.410 e. The lowest BCUT2D eigenvalue weighted by atomic mass is 9.68. The first-order chi connectivity index (χ1) is 14.2. The van der Waals surface area contributed by atoms with Gasteiger partial charge < -0.3 is 19.7 Å². The highest BCUT2D eigenvalue weighted by Crippen LogP contribution is 2.48. The lowest BCUT2D eigenvalue weighted by Crippen LogP contribution is -2.52. The minimum atomic E-state index is -0.516. The van der Waals surface area contributed by atoms with E-state index >= 15 is 0 Å². The van der Waals surface area contributed by atoms with Crippen molar-refractivity contribution >= 4 is 12.1 Å². The largest absolute Gasteiger partial charge is 0.469 e. The molecule has 0 bridgehead atoms. The highest BCUT2D eigenvalue weighted by Gasteiger charge is 2.49. The molecule has 0 aromatic heterocycles. The van der Waals surface area contributed by atoms with Crippen LogP contribution in [0.15, 0.2) is 30.3 Å². The van der Waals surface area contributed by atoms with Crippen molar-refractivity contribution in [2.45, 2.75) is 70.4 Å². The molecule has 0 spiro atoms. The topological polar surface area (TPSA) is 67.9 Å². The van der Waals surface area contributed by atoms with Crippen LogP contribution in [0, 0.1) is 5.41 Å². The van der Waals surface area contributed by atoms with Crippen LogP contribution < -0.4 is 5.32 Å². The second-order valence-electron chi connectivity index (χ2n) is 9.78. The molecule has 2 unspecified atom stereocenters. The number of nitrogens with one attached hydrogen (secondary N) is 1. The first-order valence-corrected chi connectivity index (χ1v) is 11.1. The summed E-state index contributed by atoms with van der Waals surface area (Å²) in [5.41, 5.74) is 0.824. The molecule has 2 atom stereocenters. The lowest BCUT2D eigenvalue weighted by molar-refractivity contribution is -0.140. The third-order valence-corrected chi connectivity index (χ3v) is 6.17. The van der Waals surface area contributed by atoms with Crippen LogP contribution in [0.5, 0.6) is 0 Å². The molecule has 0 saturated heterocycles. The second kappa shape index (κ2) is 9.38. The van der Waals surface area contributed by atoms with Crippen LogP contribution in [0.2, 0.25) is 0 Å². The molecule has 1 aromatic carbocycles. The monoisotopic (exact) mass is 416 g/mol. The van der Waals surface area contributed by atoms with E-state index in [0.29, 0.717) is 25.4 Å². The van der Waals surface area contributed by atoms with Crippen molar-refractivity contribution in [2.75, 3.05) is 26.7 Å². The number of carbonyl (C=O) groups is 2. The van der Waals surface area contributed by atoms with Gasteiger partial charge in [-0.25, -0.2) is 4.79 Å². The molecule has 30 heavy (non-hydrogen) atoms. The number of amides is 1. The second-order valence-corrected chi connectivity index (χ2v) is 9.78. The van der Waals surface area contributed by atoms with Crippen LogP contribution in [-0.4, -0.2) is 55.3 Å². The van der Waals surface area contributed by atoms with Crippen molar-refractivity contribution in [1.29, 1.82) is 0 Å². The maximum atomic E-state index is 13.1. The molecule has 0 radical (unpaired) electrons. The molecule has 2 aliphatic carbocycles. The fourth-order valence-corrected chi connectivity index (χ4v) is 4.30. The molecule has 2 aliphatic rings. The Balaban J connectivity index is 1.65. The molecule has 6 nitrogen and oxygen atoms in total. The van der Waals surface area contributed by atoms with E-state index in [1.54, 1.807) is 0 Å². The highest BCUT2D eigenvalue weighted by molar-refractivity contribution is 5.70. The number of methoxy groups -OCH3 is 1. The van der Waals surface area contributed by atoms with Gasteiger partial charge in [-0.3, -0.25) is 4.79 Å². The fraction of sp³-hybridized carbons (Fsp3) is 0.667. The molecule has 6 heteroatoms. The average molecular weight is 417 g/mol. The lowest BCUT2D eigenvalue weighted by Gasteiger charge is -2.45. The van der Waals surface area contributed by atoms with Crippen molar-refractivity contribution in [2.24, 2.45) is 5.41 Å². The van der Waals surface area contributed by atoms with Crippen molar-refractivity contribution in [3.63, 3.8) is 0 Å². The predicted octanol–water partition coefficient (Wildman–Crippen LogP) is 4.10. The molecule has 1 aromatic rings. The Kier molecular flexibility index (Phi) is 7.06. The number of hydrogen-bond acceptors (Lipinski definition) is 5. The summed E-state index contributed by atoms with van der Waals surface area (Å²) in [7, 11) is 1.41. The van der Waals surface area contributed by atoms with Crippen molar-refractivity contribution in [1.82, 2.24) is 10.2 Å². The number of carbonyl (C=O) groups excluding carboxylic acids is 2. The van der Waals surface area contributed by atoms with E-state index in [4.69, 9.17) is 9.47 Å². The number of rotatable bonds is 9. The van der Waals surface area contributed by atoms with Crippen molar-refractivity contribution in [3.8, 4) is 0 Å². The Morgan fingerprint density at radius 1 is 1.20 bits per heavy atom. The molecule has 1 amide bonds. The molecule has 166 valence electrons. The van der Waals surface area contributed by atoms with Gasteiger partial charge in [0.25, 0.3) is 0 Å². The van der Waals surface area contributed by atoms with Crippen LogP contribution >= 0.6 is 0 Å². The summed E-state index contributed by atoms with van der Waals surface area (Å²) in [6, 6.07) is 10.6. The zero-order chi connectivity index (χ0) is 21.8. The third-order valence-electron chi connectivity index (χ3n) is 6.17. The Hall–Kier alpha value is -2.08. The summed E-state index contributed by atoms with van der Waals surface area (Å²) in [4.78, 5) is 26.4. The third kappa shape index (κ3) is 5.97. The standard InChI is InChI=1S/C24H36N2O4/c1-23(2,3)30-22(28)26(20-15-19(20)18-9-6-5-7-10-18)17-24(12-8-13-24)16-25-14-11-21(27)29-4/h5-7,9-10,19-20,25H,8,11-17H2,1-4H3. The summed E-state index contributed by atoms with van der Waals surface area (Å²) < 4.78 is 10.5. The van der Waals surface area contributed by atoms with Crippen LogP contribution in [0.1, 0.15) is 64.4 Å². The maximum absolute atomic E-state index is 13.1. The maximum Gasteiger partial charge on any atom is 0.410 e. The number of benzene rings is 1. The normalized spacial score (nSPS) is 22.0. The van der Waals surface area contributed by atoms with E-state index in [1.165, 1.54) is 19.1 Å². The zero-order valence-corrected chi connectivity index (χ0v) is 18.8. The van der Waals surface area contributed by atoms with Gasteiger partial charge in [0.1, 0.15) is 5.60 Å². The van der Waals surface area contributed by atoms with Crippen LogP contribution in [0.4, 0.5) is 4.79 Å². The Morgan fingerprint density at radius 2 is 1.90 bits per heavy atom. The molecule has 3 rings (SSSR count). The predicted molar refractivity (Wildman–Crippen MR) is 116 cm³/mol. The van der Waals surface area contributed by atoms with E-state index < -0.39 is 5.60 Å². The van der Waals surface area contributed by atoms with Crippen LogP contribution in [0.25, 0.3) is 0 Å². The number of ether oxygens (including phenoxy) is 2. The van der Waals surface area contributed by atoms with Gasteiger partial charge in [-0.2, -0.15) is 0 Å². The van der Waals surface area contributed by atoms with E-state index in [-0.39, 0.29) is 23.5 Å². The number of esters is 1. The Bertz CT molecular complexity index is 724. The number of nitrogens with zero attached hydrogens (tertiary/aromatic N) is 1. The summed E-state index contributed by atoms with van der Waals surface area (Å²) in [5, 5.41) is 3.41. The molecule has 2 saturated carbocycles. The summed E-state index contributed by atoms with van der Waals surface area (Å²) in [6.07, 6.45) is 4.47. The summed E-state index contributed by atoms with van der Waals surface area (Å²) in [6.45, 7) is 7.83. The van der Waals surface area contributed by atoms with Crippen molar-refractivity contribution in [3.05, 3.63) is 35.9 Å². The zero-order valence-electron chi connectivity index (χ0n) is 18.8.